The van der Waals surface area contributed by atoms with E-state index in [1.54, 1.807) is 12.1 Å². The maximum absolute atomic E-state index is 14.9. The van der Waals surface area contributed by atoms with E-state index in [4.69, 9.17) is 16.3 Å². The lowest BCUT2D eigenvalue weighted by atomic mass is 9.94. The minimum Gasteiger partial charge on any atom is -0.507 e. The molecule has 0 aliphatic carbocycles. The lowest BCUT2D eigenvalue weighted by Crippen LogP contribution is -2.30. The molecule has 0 radical (unpaired) electrons. The zero-order valence-corrected chi connectivity index (χ0v) is 21.2. The first kappa shape index (κ1) is 26.2. The first-order valence-electron chi connectivity index (χ1n) is 11.7. The van der Waals surface area contributed by atoms with Crippen molar-refractivity contribution < 1.29 is 28.2 Å². The Hall–Kier alpha value is -3.91. The van der Waals surface area contributed by atoms with Crippen molar-refractivity contribution in [1.82, 2.24) is 0 Å². The molecule has 3 aromatic rings. The summed E-state index contributed by atoms with van der Waals surface area (Å²) in [6.45, 7) is 5.58. The molecule has 1 aliphatic heterocycles. The van der Waals surface area contributed by atoms with Gasteiger partial charge in [-0.15, -0.1) is 0 Å². The average Bonchev–Trinajstić information content (AvgIpc) is 3.15. The number of aliphatic hydroxyl groups excluding tert-OH is 1. The Kier molecular flexibility index (Phi) is 7.50. The van der Waals surface area contributed by atoms with Crippen LogP contribution in [0.3, 0.4) is 0 Å². The van der Waals surface area contributed by atoms with Crippen molar-refractivity contribution in [2.45, 2.75) is 19.9 Å². The van der Waals surface area contributed by atoms with Gasteiger partial charge in [0.25, 0.3) is 11.7 Å². The first-order valence-corrected chi connectivity index (χ1v) is 12.0. The van der Waals surface area contributed by atoms with Crippen molar-refractivity contribution in [2.24, 2.45) is 0 Å². The van der Waals surface area contributed by atoms with E-state index in [1.807, 2.05) is 26.0 Å². The van der Waals surface area contributed by atoms with Gasteiger partial charge in [0, 0.05) is 30.4 Å². The van der Waals surface area contributed by atoms with Crippen LogP contribution >= 0.6 is 11.6 Å². The number of halogens is 3. The normalized spacial score (nSPS) is 16.8. The van der Waals surface area contributed by atoms with Gasteiger partial charge in [-0.2, -0.15) is 0 Å². The summed E-state index contributed by atoms with van der Waals surface area (Å²) in [4.78, 5) is 29.6. The van der Waals surface area contributed by atoms with Gasteiger partial charge in [-0.05, 0) is 61.9 Å². The Morgan fingerprint density at radius 3 is 2.27 bits per heavy atom. The molecule has 1 N–H and O–H groups in total. The molecule has 0 spiro atoms. The number of nitrogens with zero attached hydrogens (tertiary/aromatic N) is 2. The number of carbonyl (C=O) groups excluding carboxylic acids is 2. The van der Waals surface area contributed by atoms with Gasteiger partial charge in [0.05, 0.1) is 29.4 Å². The van der Waals surface area contributed by atoms with Crippen LogP contribution in [0.5, 0.6) is 5.75 Å². The molecule has 1 saturated heterocycles. The first-order chi connectivity index (χ1) is 17.7. The highest BCUT2D eigenvalue weighted by Crippen LogP contribution is 2.43. The van der Waals surface area contributed by atoms with Crippen LogP contribution < -0.4 is 14.5 Å². The topological polar surface area (TPSA) is 70.1 Å². The van der Waals surface area contributed by atoms with Crippen molar-refractivity contribution in [3.8, 4) is 5.75 Å². The summed E-state index contributed by atoms with van der Waals surface area (Å²) in [6, 6.07) is 13.1. The van der Waals surface area contributed by atoms with Gasteiger partial charge in [-0.25, -0.2) is 8.78 Å². The highest BCUT2D eigenvalue weighted by molar-refractivity contribution is 6.51. The molecule has 0 aromatic heterocycles. The van der Waals surface area contributed by atoms with E-state index in [-0.39, 0.29) is 21.8 Å². The number of methoxy groups -OCH3 is 1. The third kappa shape index (κ3) is 4.76. The summed E-state index contributed by atoms with van der Waals surface area (Å²) in [5, 5.41) is 11.4. The van der Waals surface area contributed by atoms with E-state index in [0.29, 0.717) is 17.4 Å². The molecule has 6 nitrogen and oxygen atoms in total. The third-order valence-electron chi connectivity index (χ3n) is 6.38. The van der Waals surface area contributed by atoms with Gasteiger partial charge < -0.3 is 14.7 Å². The van der Waals surface area contributed by atoms with Crippen LogP contribution in [0.4, 0.5) is 20.2 Å². The molecule has 1 atom stereocenters. The minimum atomic E-state index is -1.17. The molecule has 1 unspecified atom stereocenters. The maximum atomic E-state index is 14.9. The fourth-order valence-corrected chi connectivity index (χ4v) is 4.76. The molecule has 1 fully saturated rings. The minimum absolute atomic E-state index is 0.174. The van der Waals surface area contributed by atoms with Crippen LogP contribution in [0.1, 0.15) is 31.0 Å². The number of amides is 1. The van der Waals surface area contributed by atoms with Crippen LogP contribution in [0.2, 0.25) is 5.02 Å². The van der Waals surface area contributed by atoms with Gasteiger partial charge in [0.1, 0.15) is 23.1 Å². The molecule has 37 heavy (non-hydrogen) atoms. The standard InChI is InChI=1S/C28H25ClF2N2O4/c1-4-32(5-2)19-10-6-16(7-11-19)25-24(26(34)17-8-13-23(37-3)20(29)14-17)27(35)28(36)33(25)22-12-9-18(30)15-21(22)31/h6-15,25,34H,4-5H2,1-3H3/b26-24+. The van der Waals surface area contributed by atoms with E-state index in [2.05, 4.69) is 4.90 Å². The largest absolute Gasteiger partial charge is 0.507 e. The molecule has 1 heterocycles. The number of hydrogen-bond donors (Lipinski definition) is 1. The molecule has 0 bridgehead atoms. The van der Waals surface area contributed by atoms with Crippen molar-refractivity contribution in [3.63, 3.8) is 0 Å². The Bertz CT molecular complexity index is 1390. The van der Waals surface area contributed by atoms with Crippen LogP contribution in [0.25, 0.3) is 5.76 Å². The number of anilines is 2. The number of carbonyl (C=O) groups is 2. The molecule has 192 valence electrons. The lowest BCUT2D eigenvalue weighted by molar-refractivity contribution is -0.132. The summed E-state index contributed by atoms with van der Waals surface area (Å²) in [7, 11) is 1.44. The van der Waals surface area contributed by atoms with Crippen LogP contribution in [-0.4, -0.2) is 37.0 Å². The number of hydrogen-bond acceptors (Lipinski definition) is 5. The summed E-state index contributed by atoms with van der Waals surface area (Å²) in [5.74, 6) is -4.03. The molecular weight excluding hydrogens is 502 g/mol. The maximum Gasteiger partial charge on any atom is 0.300 e. The predicted molar refractivity (Wildman–Crippen MR) is 139 cm³/mol. The third-order valence-corrected chi connectivity index (χ3v) is 6.67. The summed E-state index contributed by atoms with van der Waals surface area (Å²) in [6.07, 6.45) is 0. The van der Waals surface area contributed by atoms with Crippen molar-refractivity contribution in [2.75, 3.05) is 30.0 Å². The summed E-state index contributed by atoms with van der Waals surface area (Å²) < 4.78 is 33.7. The number of benzene rings is 3. The van der Waals surface area contributed by atoms with Crippen molar-refractivity contribution in [3.05, 3.63) is 94.0 Å². The summed E-state index contributed by atoms with van der Waals surface area (Å²) >= 11 is 6.22. The van der Waals surface area contributed by atoms with Crippen LogP contribution in [-0.2, 0) is 9.59 Å². The molecule has 0 saturated carbocycles. The van der Waals surface area contributed by atoms with Crippen molar-refractivity contribution in [1.29, 1.82) is 0 Å². The lowest BCUT2D eigenvalue weighted by Gasteiger charge is -2.27. The zero-order valence-electron chi connectivity index (χ0n) is 20.5. The highest BCUT2D eigenvalue weighted by atomic mass is 35.5. The molecule has 4 rings (SSSR count). The molecule has 3 aromatic carbocycles. The van der Waals surface area contributed by atoms with E-state index in [1.165, 1.54) is 25.3 Å². The molecule has 9 heteroatoms. The Morgan fingerprint density at radius 2 is 1.70 bits per heavy atom. The smallest absolute Gasteiger partial charge is 0.300 e. The number of rotatable bonds is 7. The predicted octanol–water partition coefficient (Wildman–Crippen LogP) is 6.10. The van der Waals surface area contributed by atoms with Gasteiger partial charge in [-0.3, -0.25) is 14.5 Å². The van der Waals surface area contributed by atoms with Gasteiger partial charge in [-0.1, -0.05) is 23.7 Å². The fraction of sp³-hybridized carbons (Fsp3) is 0.214. The quantitative estimate of drug-likeness (QED) is 0.229. The Morgan fingerprint density at radius 1 is 1.03 bits per heavy atom. The average molecular weight is 527 g/mol. The number of Topliss-reactive ketones (excluding diaryl/α,β-unsaturated/α-hetero) is 1. The van der Waals surface area contributed by atoms with Crippen LogP contribution in [0, 0.1) is 11.6 Å². The second-order valence-corrected chi connectivity index (χ2v) is 8.79. The van der Waals surface area contributed by atoms with Gasteiger partial charge in [0.2, 0.25) is 0 Å². The van der Waals surface area contributed by atoms with E-state index in [0.717, 1.165) is 35.8 Å². The van der Waals surface area contributed by atoms with E-state index in [9.17, 15) is 23.5 Å². The van der Waals surface area contributed by atoms with Crippen LogP contribution in [0.15, 0.2) is 66.2 Å². The molecule has 1 aliphatic rings. The van der Waals surface area contributed by atoms with E-state index < -0.39 is 35.1 Å². The highest BCUT2D eigenvalue weighted by Gasteiger charge is 2.47. The monoisotopic (exact) mass is 526 g/mol. The second kappa shape index (κ2) is 10.6. The summed E-state index contributed by atoms with van der Waals surface area (Å²) in [5.41, 5.74) is 1.02. The van der Waals surface area contributed by atoms with Gasteiger partial charge >= 0.3 is 0 Å². The fourth-order valence-electron chi connectivity index (χ4n) is 4.50. The Labute approximate surface area is 218 Å². The molecule has 1 amide bonds. The zero-order chi connectivity index (χ0) is 26.9. The number of ether oxygens (including phenoxy) is 1. The van der Waals surface area contributed by atoms with E-state index >= 15 is 0 Å². The second-order valence-electron chi connectivity index (χ2n) is 8.38. The SMILES string of the molecule is CCN(CC)c1ccc(C2/C(=C(\O)c3ccc(OC)c(Cl)c3)C(=O)C(=O)N2c2ccc(F)cc2F)cc1. The Balaban J connectivity index is 1.92. The van der Waals surface area contributed by atoms with Gasteiger partial charge in [0.15, 0.2) is 0 Å². The number of aliphatic hydroxyl groups is 1. The van der Waals surface area contributed by atoms with Crippen molar-refractivity contribution >= 4 is 40.4 Å². The number of ketones is 1. The molecular formula is C28H25ClF2N2O4.